The zero-order valence-corrected chi connectivity index (χ0v) is 8.67. The molecule has 1 heterocycles. The van der Waals surface area contributed by atoms with Gasteiger partial charge in [-0.2, -0.15) is 0 Å². The zero-order chi connectivity index (χ0) is 9.54. The van der Waals surface area contributed by atoms with Gasteiger partial charge in [0.2, 0.25) is 0 Å². The van der Waals surface area contributed by atoms with Crippen LogP contribution in [0.15, 0.2) is 0 Å². The molecule has 1 saturated heterocycles. The molecule has 0 radical (unpaired) electrons. The molecule has 78 valence electrons. The molecule has 3 aliphatic rings. The van der Waals surface area contributed by atoms with Crippen LogP contribution in [0, 0.1) is 17.8 Å². The van der Waals surface area contributed by atoms with Crippen LogP contribution in [0.5, 0.6) is 0 Å². The molecule has 14 heavy (non-hydrogen) atoms. The fourth-order valence-electron chi connectivity index (χ4n) is 3.78. The highest BCUT2D eigenvalue weighted by Gasteiger charge is 2.43. The van der Waals surface area contributed by atoms with Gasteiger partial charge in [-0.3, -0.25) is 4.79 Å². The number of carbonyl (C=O) groups is 1. The predicted molar refractivity (Wildman–Crippen MR) is 55.0 cm³/mol. The first-order valence-electron chi connectivity index (χ1n) is 6.13. The molecule has 2 nitrogen and oxygen atoms in total. The lowest BCUT2D eigenvalue weighted by Gasteiger charge is -2.17. The average molecular weight is 193 g/mol. The molecule has 0 aromatic heterocycles. The third-order valence-corrected chi connectivity index (χ3v) is 4.55. The van der Waals surface area contributed by atoms with E-state index < -0.39 is 0 Å². The summed E-state index contributed by atoms with van der Waals surface area (Å²) < 4.78 is 0. The second-order valence-electron chi connectivity index (χ2n) is 5.25. The van der Waals surface area contributed by atoms with Crippen LogP contribution < -0.4 is 5.32 Å². The summed E-state index contributed by atoms with van der Waals surface area (Å²) in [5, 5.41) is 3.62. The summed E-state index contributed by atoms with van der Waals surface area (Å²) in [7, 11) is 0. The molecule has 2 heteroatoms. The summed E-state index contributed by atoms with van der Waals surface area (Å²) in [6.07, 6.45) is 7.37. The van der Waals surface area contributed by atoms with Crippen LogP contribution in [0.1, 0.15) is 38.5 Å². The van der Waals surface area contributed by atoms with Crippen molar-refractivity contribution in [2.75, 3.05) is 6.54 Å². The number of hydrogen-bond donors (Lipinski definition) is 1. The summed E-state index contributed by atoms with van der Waals surface area (Å²) in [6.45, 7) is 1.11. The minimum Gasteiger partial charge on any atom is -0.313 e. The molecule has 0 spiro atoms. The average Bonchev–Trinajstić information content (AvgIpc) is 2.81. The van der Waals surface area contributed by atoms with Crippen molar-refractivity contribution in [1.29, 1.82) is 0 Å². The van der Waals surface area contributed by atoms with Gasteiger partial charge in [0.15, 0.2) is 0 Å². The highest BCUT2D eigenvalue weighted by molar-refractivity contribution is 5.85. The van der Waals surface area contributed by atoms with Crippen molar-refractivity contribution in [3.63, 3.8) is 0 Å². The largest absolute Gasteiger partial charge is 0.313 e. The summed E-state index contributed by atoms with van der Waals surface area (Å²) in [4.78, 5) is 12.3. The van der Waals surface area contributed by atoms with Gasteiger partial charge in [-0.15, -0.1) is 0 Å². The topological polar surface area (TPSA) is 29.1 Å². The Morgan fingerprint density at radius 2 is 1.79 bits per heavy atom. The molecule has 0 bridgehead atoms. The Labute approximate surface area is 85.4 Å². The van der Waals surface area contributed by atoms with Crippen LogP contribution in [0.3, 0.4) is 0 Å². The van der Waals surface area contributed by atoms with Gasteiger partial charge < -0.3 is 5.32 Å². The van der Waals surface area contributed by atoms with Crippen LogP contribution >= 0.6 is 0 Å². The summed E-state index contributed by atoms with van der Waals surface area (Å²) in [5.41, 5.74) is 0. The van der Waals surface area contributed by atoms with E-state index in [9.17, 15) is 4.79 Å². The molecule has 2 saturated carbocycles. The highest BCUT2D eigenvalue weighted by Crippen LogP contribution is 2.40. The number of rotatable bonds is 0. The van der Waals surface area contributed by atoms with Crippen LogP contribution in [-0.2, 0) is 4.79 Å². The van der Waals surface area contributed by atoms with Crippen LogP contribution in [0.25, 0.3) is 0 Å². The second-order valence-corrected chi connectivity index (χ2v) is 5.25. The van der Waals surface area contributed by atoms with Gasteiger partial charge in [0.25, 0.3) is 0 Å². The van der Waals surface area contributed by atoms with E-state index in [1.165, 1.54) is 32.1 Å². The number of ketones is 1. The van der Waals surface area contributed by atoms with Crippen molar-refractivity contribution in [1.82, 2.24) is 5.32 Å². The molecule has 3 rings (SSSR count). The van der Waals surface area contributed by atoms with E-state index in [1.54, 1.807) is 0 Å². The van der Waals surface area contributed by atoms with E-state index in [4.69, 9.17) is 0 Å². The van der Waals surface area contributed by atoms with Gasteiger partial charge in [0.1, 0.15) is 5.78 Å². The van der Waals surface area contributed by atoms with E-state index >= 15 is 0 Å². The molecule has 3 fully saturated rings. The Morgan fingerprint density at radius 3 is 2.71 bits per heavy atom. The van der Waals surface area contributed by atoms with Gasteiger partial charge in [-0.05, 0) is 38.1 Å². The van der Waals surface area contributed by atoms with Crippen LogP contribution in [0.4, 0.5) is 0 Å². The fraction of sp³-hybridized carbons (Fsp3) is 0.917. The highest BCUT2D eigenvalue weighted by atomic mass is 16.1. The lowest BCUT2D eigenvalue weighted by Crippen LogP contribution is -2.34. The Bertz CT molecular complexity index is 227. The van der Waals surface area contributed by atoms with Crippen molar-refractivity contribution < 1.29 is 4.79 Å². The maximum absolute atomic E-state index is 12.3. The normalized spacial score (nSPS) is 47.3. The van der Waals surface area contributed by atoms with Crippen molar-refractivity contribution in [3.05, 3.63) is 0 Å². The van der Waals surface area contributed by atoms with Gasteiger partial charge in [-0.25, -0.2) is 0 Å². The van der Waals surface area contributed by atoms with Crippen molar-refractivity contribution in [3.8, 4) is 0 Å². The molecule has 4 atom stereocenters. The monoisotopic (exact) mass is 193 g/mol. The first-order valence-corrected chi connectivity index (χ1v) is 6.13. The smallest absolute Gasteiger partial charge is 0.140 e. The van der Waals surface area contributed by atoms with Crippen LogP contribution in [0.2, 0.25) is 0 Å². The lowest BCUT2D eigenvalue weighted by atomic mass is 9.85. The molecular formula is C12H19NO. The standard InChI is InChI=1S/C12H19NO/c14-12-9-4-1-3-8(9)7-13-11-6-2-5-10(11)12/h8-11,13H,1-7H2. The molecule has 2 aliphatic carbocycles. The first-order chi connectivity index (χ1) is 6.86. The van der Waals surface area contributed by atoms with Gasteiger partial charge >= 0.3 is 0 Å². The Hall–Kier alpha value is -0.370. The fourth-order valence-corrected chi connectivity index (χ4v) is 3.78. The summed E-state index contributed by atoms with van der Waals surface area (Å²) in [6, 6.07) is 0.535. The maximum atomic E-state index is 12.3. The summed E-state index contributed by atoms with van der Waals surface area (Å²) in [5.74, 6) is 2.09. The number of nitrogens with one attached hydrogen (secondary N) is 1. The Balaban J connectivity index is 1.85. The molecule has 0 amide bonds. The molecule has 1 N–H and O–H groups in total. The summed E-state index contributed by atoms with van der Waals surface area (Å²) >= 11 is 0. The van der Waals surface area contributed by atoms with E-state index in [2.05, 4.69) is 5.32 Å². The predicted octanol–water partition coefficient (Wildman–Crippen LogP) is 1.74. The zero-order valence-electron chi connectivity index (χ0n) is 8.67. The number of fused-ring (bicyclic) bond motifs is 2. The minimum absolute atomic E-state index is 0.378. The Morgan fingerprint density at radius 1 is 1.00 bits per heavy atom. The quantitative estimate of drug-likeness (QED) is 0.635. The SMILES string of the molecule is O=C1C2CCCC2CNC2CCCC12. The van der Waals surface area contributed by atoms with E-state index in [-0.39, 0.29) is 0 Å². The first kappa shape index (κ1) is 8.90. The number of Topliss-reactive ketones (excluding diaryl/α,β-unsaturated/α-hetero) is 1. The van der Waals surface area contributed by atoms with Gasteiger partial charge in [-0.1, -0.05) is 12.8 Å². The molecular weight excluding hydrogens is 174 g/mol. The van der Waals surface area contributed by atoms with Gasteiger partial charge in [0.05, 0.1) is 0 Å². The molecule has 1 aliphatic heterocycles. The minimum atomic E-state index is 0.378. The molecule has 0 aromatic rings. The molecule has 0 aromatic carbocycles. The van der Waals surface area contributed by atoms with E-state index in [0.717, 1.165) is 13.0 Å². The Kier molecular flexibility index (Phi) is 2.12. The van der Waals surface area contributed by atoms with Crippen LogP contribution in [-0.4, -0.2) is 18.4 Å². The van der Waals surface area contributed by atoms with Gasteiger partial charge in [0, 0.05) is 17.9 Å². The van der Waals surface area contributed by atoms with E-state index in [1.807, 2.05) is 0 Å². The molecule has 4 unspecified atom stereocenters. The lowest BCUT2D eigenvalue weighted by molar-refractivity contribution is -0.127. The van der Waals surface area contributed by atoms with Crippen molar-refractivity contribution >= 4 is 5.78 Å². The van der Waals surface area contributed by atoms with Crippen molar-refractivity contribution in [2.45, 2.75) is 44.6 Å². The van der Waals surface area contributed by atoms with Crippen molar-refractivity contribution in [2.24, 2.45) is 17.8 Å². The third kappa shape index (κ3) is 1.23. The van der Waals surface area contributed by atoms with E-state index in [0.29, 0.717) is 29.6 Å². The number of carbonyl (C=O) groups excluding carboxylic acids is 1. The second kappa shape index (κ2) is 3.34. The maximum Gasteiger partial charge on any atom is 0.140 e. The third-order valence-electron chi connectivity index (χ3n) is 4.55. The number of hydrogen-bond acceptors (Lipinski definition) is 2.